The van der Waals surface area contributed by atoms with Crippen molar-refractivity contribution in [1.29, 1.82) is 0 Å². The van der Waals surface area contributed by atoms with E-state index in [1.54, 1.807) is 11.6 Å². The van der Waals surface area contributed by atoms with Gasteiger partial charge >= 0.3 is 0 Å². The van der Waals surface area contributed by atoms with Crippen LogP contribution in [0.2, 0.25) is 0 Å². The van der Waals surface area contributed by atoms with Crippen molar-refractivity contribution >= 4 is 22.2 Å². The smallest absolute Gasteiger partial charge is 0.241 e. The number of methoxy groups -OCH3 is 1. The van der Waals surface area contributed by atoms with Crippen LogP contribution in [0, 0.1) is 13.8 Å². The van der Waals surface area contributed by atoms with Crippen LogP contribution >= 0.6 is 11.3 Å². The van der Waals surface area contributed by atoms with Gasteiger partial charge in [-0.1, -0.05) is 6.07 Å². The normalized spacial score (nSPS) is 11.1. The van der Waals surface area contributed by atoms with Crippen molar-refractivity contribution in [2.45, 2.75) is 13.8 Å². The van der Waals surface area contributed by atoms with Gasteiger partial charge in [0.1, 0.15) is 5.75 Å². The number of aromatic nitrogens is 3. The van der Waals surface area contributed by atoms with Gasteiger partial charge in [-0.05, 0) is 31.0 Å². The monoisotopic (exact) mass is 274 g/mol. The lowest BCUT2D eigenvalue weighted by Crippen LogP contribution is -1.96. The zero-order valence-electron chi connectivity index (χ0n) is 11.0. The number of anilines is 1. The minimum atomic E-state index is 0.288. The summed E-state index contributed by atoms with van der Waals surface area (Å²) in [4.78, 5) is 4.95. The highest BCUT2D eigenvalue weighted by molar-refractivity contribution is 7.15. The molecule has 0 saturated heterocycles. The molecule has 0 aliphatic carbocycles. The summed E-state index contributed by atoms with van der Waals surface area (Å²) in [6, 6.07) is 4.19. The van der Waals surface area contributed by atoms with Crippen LogP contribution in [0.3, 0.4) is 0 Å². The summed E-state index contributed by atoms with van der Waals surface area (Å²) in [7, 11) is 1.68. The van der Waals surface area contributed by atoms with Crippen LogP contribution in [-0.4, -0.2) is 21.7 Å². The first kappa shape index (κ1) is 12.0. The van der Waals surface area contributed by atoms with Gasteiger partial charge in [0, 0.05) is 10.9 Å². The number of nitrogens with zero attached hydrogens (tertiary/aromatic N) is 3. The molecule has 2 heterocycles. The van der Waals surface area contributed by atoms with E-state index in [4.69, 9.17) is 10.5 Å². The lowest BCUT2D eigenvalue weighted by molar-refractivity contribution is 0.413. The van der Waals surface area contributed by atoms with Gasteiger partial charge < -0.3 is 10.5 Å². The molecule has 0 bridgehead atoms. The lowest BCUT2D eigenvalue weighted by Gasteiger charge is -2.11. The Kier molecular flexibility index (Phi) is 2.67. The maximum Gasteiger partial charge on any atom is 0.241 e. The van der Waals surface area contributed by atoms with E-state index in [1.807, 2.05) is 12.3 Å². The van der Waals surface area contributed by atoms with Gasteiger partial charge in [0.15, 0.2) is 0 Å². The van der Waals surface area contributed by atoms with Crippen LogP contribution in [0.4, 0.5) is 5.95 Å². The first-order valence-corrected chi connectivity index (χ1v) is 6.73. The predicted molar refractivity (Wildman–Crippen MR) is 76.7 cm³/mol. The summed E-state index contributed by atoms with van der Waals surface area (Å²) in [6.07, 6.45) is 0. The van der Waals surface area contributed by atoms with Crippen molar-refractivity contribution in [2.24, 2.45) is 0 Å². The van der Waals surface area contributed by atoms with E-state index >= 15 is 0 Å². The van der Waals surface area contributed by atoms with Crippen LogP contribution in [0.1, 0.15) is 11.1 Å². The average Bonchev–Trinajstić information content (AvgIpc) is 2.86. The molecule has 0 radical (unpaired) electrons. The molecule has 1 aromatic carbocycles. The van der Waals surface area contributed by atoms with Crippen LogP contribution in [0.5, 0.6) is 5.75 Å². The molecule has 0 saturated carbocycles. The molecule has 0 aliphatic rings. The van der Waals surface area contributed by atoms with Crippen molar-refractivity contribution in [1.82, 2.24) is 14.6 Å². The summed E-state index contributed by atoms with van der Waals surface area (Å²) >= 11 is 1.51. The van der Waals surface area contributed by atoms with E-state index in [9.17, 15) is 0 Å². The predicted octanol–water partition coefficient (Wildman–Crippen LogP) is 2.67. The molecule has 3 aromatic rings. The maximum absolute atomic E-state index is 5.64. The number of benzene rings is 1. The quantitative estimate of drug-likeness (QED) is 0.780. The number of nitrogen functional groups attached to an aromatic ring is 1. The molecule has 6 heteroatoms. The minimum Gasteiger partial charge on any atom is -0.496 e. The Morgan fingerprint density at radius 2 is 2.11 bits per heavy atom. The summed E-state index contributed by atoms with van der Waals surface area (Å²) in [6.45, 7) is 4.10. The van der Waals surface area contributed by atoms with E-state index < -0.39 is 0 Å². The van der Waals surface area contributed by atoms with Gasteiger partial charge in [-0.2, -0.15) is 4.98 Å². The standard InChI is InChI=1S/C13H14N4OS/c1-7-4-8(2)11(18-3)9(5-7)10-6-19-13-15-12(14)16-17(10)13/h4-6H,1-3H3,(H2,14,16). The van der Waals surface area contributed by atoms with Gasteiger partial charge in [-0.25, -0.2) is 4.52 Å². The van der Waals surface area contributed by atoms with E-state index in [0.29, 0.717) is 0 Å². The molecule has 0 aliphatic heterocycles. The molecule has 0 atom stereocenters. The third-order valence-corrected chi connectivity index (χ3v) is 3.81. The van der Waals surface area contributed by atoms with E-state index in [0.717, 1.165) is 27.5 Å². The molecular formula is C13H14N4OS. The molecule has 3 rings (SSSR count). The third-order valence-electron chi connectivity index (χ3n) is 3.00. The summed E-state index contributed by atoms with van der Waals surface area (Å²) in [5, 5.41) is 6.24. The molecule has 5 nitrogen and oxygen atoms in total. The molecule has 0 amide bonds. The van der Waals surface area contributed by atoms with E-state index in [1.165, 1.54) is 16.9 Å². The average molecular weight is 274 g/mol. The fraction of sp³-hybridized carbons (Fsp3) is 0.231. The SMILES string of the molecule is COc1c(C)cc(C)cc1-c1csc2nc(N)nn12. The first-order valence-electron chi connectivity index (χ1n) is 5.85. The van der Waals surface area contributed by atoms with Crippen molar-refractivity contribution in [2.75, 3.05) is 12.8 Å². The summed E-state index contributed by atoms with van der Waals surface area (Å²) < 4.78 is 7.28. The second-order valence-electron chi connectivity index (χ2n) is 4.45. The number of thiazole rings is 1. The van der Waals surface area contributed by atoms with Crippen molar-refractivity contribution in [3.8, 4) is 17.0 Å². The lowest BCUT2D eigenvalue weighted by atomic mass is 10.0. The Morgan fingerprint density at radius 3 is 2.84 bits per heavy atom. The van der Waals surface area contributed by atoms with Crippen LogP contribution in [0.25, 0.3) is 16.2 Å². The number of nitrogens with two attached hydrogens (primary N) is 1. The molecule has 0 fully saturated rings. The fourth-order valence-corrected chi connectivity index (χ4v) is 3.13. The molecule has 2 N–H and O–H groups in total. The van der Waals surface area contributed by atoms with Crippen molar-refractivity contribution in [3.63, 3.8) is 0 Å². The third kappa shape index (κ3) is 1.84. The van der Waals surface area contributed by atoms with Gasteiger partial charge in [0.2, 0.25) is 10.9 Å². The number of hydrogen-bond donors (Lipinski definition) is 1. The largest absolute Gasteiger partial charge is 0.496 e. The Balaban J connectivity index is 2.31. The Hall–Kier alpha value is -2.08. The highest BCUT2D eigenvalue weighted by Gasteiger charge is 2.16. The Bertz CT molecular complexity index is 759. The zero-order chi connectivity index (χ0) is 13.6. The topological polar surface area (TPSA) is 65.4 Å². The molecular weight excluding hydrogens is 260 g/mol. The number of hydrogen-bond acceptors (Lipinski definition) is 5. The molecule has 2 aromatic heterocycles. The number of fused-ring (bicyclic) bond motifs is 1. The van der Waals surface area contributed by atoms with Crippen molar-refractivity contribution < 1.29 is 4.74 Å². The summed E-state index contributed by atoms with van der Waals surface area (Å²) in [5.74, 6) is 1.15. The van der Waals surface area contributed by atoms with Gasteiger partial charge in [-0.3, -0.25) is 0 Å². The van der Waals surface area contributed by atoms with Crippen LogP contribution in [-0.2, 0) is 0 Å². The molecule has 0 spiro atoms. The number of rotatable bonds is 2. The van der Waals surface area contributed by atoms with Gasteiger partial charge in [0.05, 0.1) is 12.8 Å². The van der Waals surface area contributed by atoms with Gasteiger partial charge in [-0.15, -0.1) is 16.4 Å². The number of aryl methyl sites for hydroxylation is 2. The second-order valence-corrected chi connectivity index (χ2v) is 5.28. The maximum atomic E-state index is 5.64. The zero-order valence-corrected chi connectivity index (χ0v) is 11.8. The Labute approximate surface area is 114 Å². The molecule has 19 heavy (non-hydrogen) atoms. The first-order chi connectivity index (χ1) is 9.10. The second kappa shape index (κ2) is 4.24. The van der Waals surface area contributed by atoms with Crippen LogP contribution < -0.4 is 10.5 Å². The highest BCUT2D eigenvalue weighted by Crippen LogP contribution is 2.35. The van der Waals surface area contributed by atoms with Crippen molar-refractivity contribution in [3.05, 3.63) is 28.6 Å². The molecule has 98 valence electrons. The minimum absolute atomic E-state index is 0.288. The molecule has 0 unspecified atom stereocenters. The van der Waals surface area contributed by atoms with E-state index in [2.05, 4.69) is 29.1 Å². The van der Waals surface area contributed by atoms with Crippen LogP contribution in [0.15, 0.2) is 17.5 Å². The highest BCUT2D eigenvalue weighted by atomic mass is 32.1. The van der Waals surface area contributed by atoms with Gasteiger partial charge in [0.25, 0.3) is 0 Å². The Morgan fingerprint density at radius 1 is 1.32 bits per heavy atom. The number of ether oxygens (including phenoxy) is 1. The summed E-state index contributed by atoms with van der Waals surface area (Å²) in [5.41, 5.74) is 9.89. The fourth-order valence-electron chi connectivity index (χ4n) is 2.30. The van der Waals surface area contributed by atoms with E-state index in [-0.39, 0.29) is 5.95 Å².